The SMILES string of the molecule is CC1(C)C[C@@H](NC(=O)Nc2ccc(F)c3c2C[C@@H](O)C3)c2ccc(F)c(Cl)c2O1. The van der Waals surface area contributed by atoms with Crippen molar-refractivity contribution in [3.63, 3.8) is 0 Å². The van der Waals surface area contributed by atoms with E-state index in [0.717, 1.165) is 0 Å². The molecule has 2 aliphatic rings. The molecule has 3 N–H and O–H groups in total. The van der Waals surface area contributed by atoms with E-state index in [1.807, 2.05) is 13.8 Å². The summed E-state index contributed by atoms with van der Waals surface area (Å²) in [6.07, 6.45) is 0.301. The van der Waals surface area contributed by atoms with Crippen LogP contribution in [0.2, 0.25) is 5.02 Å². The van der Waals surface area contributed by atoms with Gasteiger partial charge in [-0.25, -0.2) is 13.6 Å². The Morgan fingerprint density at radius 1 is 1.17 bits per heavy atom. The number of carbonyl (C=O) groups is 1. The summed E-state index contributed by atoms with van der Waals surface area (Å²) in [7, 11) is 0. The number of aliphatic hydroxyl groups is 1. The van der Waals surface area contributed by atoms with Crippen LogP contribution in [-0.2, 0) is 12.8 Å². The molecule has 29 heavy (non-hydrogen) atoms. The van der Waals surface area contributed by atoms with Gasteiger partial charge in [0.2, 0.25) is 0 Å². The first-order valence-electron chi connectivity index (χ1n) is 9.37. The van der Waals surface area contributed by atoms with Gasteiger partial charge >= 0.3 is 6.03 Å². The van der Waals surface area contributed by atoms with E-state index in [-0.39, 0.29) is 29.4 Å². The minimum Gasteiger partial charge on any atom is -0.486 e. The molecule has 2 aromatic rings. The van der Waals surface area contributed by atoms with E-state index in [0.29, 0.717) is 28.8 Å². The third-order valence-corrected chi connectivity index (χ3v) is 5.69. The third kappa shape index (κ3) is 3.76. The van der Waals surface area contributed by atoms with Crippen LogP contribution in [0.15, 0.2) is 24.3 Å². The Morgan fingerprint density at radius 3 is 2.62 bits per heavy atom. The molecule has 0 fully saturated rings. The molecule has 1 aliphatic carbocycles. The van der Waals surface area contributed by atoms with Gasteiger partial charge < -0.3 is 20.5 Å². The average Bonchev–Trinajstić information content (AvgIpc) is 3.03. The standard InChI is InChI=1S/C21H21ClF2N2O3/c1-21(2)9-17(11-3-4-15(24)18(22)19(11)29-21)26-20(28)25-16-6-5-14(23)12-7-10(27)8-13(12)16/h3-6,10,17,27H,7-9H2,1-2H3,(H2,25,26,28)/t10-,17+/m0/s1. The predicted octanol–water partition coefficient (Wildman–Crippen LogP) is 4.50. The van der Waals surface area contributed by atoms with E-state index in [4.69, 9.17) is 16.3 Å². The van der Waals surface area contributed by atoms with E-state index in [1.54, 1.807) is 6.07 Å². The third-order valence-electron chi connectivity index (χ3n) is 5.34. The number of ether oxygens (including phenoxy) is 1. The number of amides is 2. The second kappa shape index (κ2) is 7.15. The fraction of sp³-hybridized carbons (Fsp3) is 0.381. The Labute approximate surface area is 172 Å². The summed E-state index contributed by atoms with van der Waals surface area (Å²) in [4.78, 5) is 12.7. The lowest BCUT2D eigenvalue weighted by molar-refractivity contribution is 0.0679. The molecule has 8 heteroatoms. The normalized spacial score (nSPS) is 21.7. The second-order valence-electron chi connectivity index (χ2n) is 8.11. The summed E-state index contributed by atoms with van der Waals surface area (Å²) in [5, 5.41) is 15.4. The molecule has 5 nitrogen and oxygen atoms in total. The van der Waals surface area contributed by atoms with Crippen molar-refractivity contribution in [2.45, 2.75) is 50.9 Å². The van der Waals surface area contributed by atoms with E-state index < -0.39 is 29.6 Å². The van der Waals surface area contributed by atoms with E-state index in [1.165, 1.54) is 18.2 Å². The average molecular weight is 423 g/mol. The largest absolute Gasteiger partial charge is 0.486 e. The maximum absolute atomic E-state index is 14.0. The van der Waals surface area contributed by atoms with Crippen LogP contribution in [0.5, 0.6) is 5.75 Å². The number of benzene rings is 2. The molecule has 2 atom stereocenters. The Balaban J connectivity index is 1.57. The van der Waals surface area contributed by atoms with Gasteiger partial charge in [0.1, 0.15) is 28.0 Å². The first-order valence-corrected chi connectivity index (χ1v) is 9.75. The molecule has 1 heterocycles. The van der Waals surface area contributed by atoms with Gasteiger partial charge in [-0.15, -0.1) is 0 Å². The molecule has 0 aromatic heterocycles. The molecule has 2 aromatic carbocycles. The Morgan fingerprint density at radius 2 is 1.86 bits per heavy atom. The van der Waals surface area contributed by atoms with Gasteiger partial charge in [-0.05, 0) is 43.2 Å². The molecule has 0 unspecified atom stereocenters. The van der Waals surface area contributed by atoms with Crippen LogP contribution < -0.4 is 15.4 Å². The topological polar surface area (TPSA) is 70.6 Å². The Bertz CT molecular complexity index is 996. The molecular weight excluding hydrogens is 402 g/mol. The smallest absolute Gasteiger partial charge is 0.319 e. The number of fused-ring (bicyclic) bond motifs is 2. The molecule has 0 bridgehead atoms. The fourth-order valence-corrected chi connectivity index (χ4v) is 4.28. The summed E-state index contributed by atoms with van der Waals surface area (Å²) in [6.45, 7) is 3.66. The molecule has 1 aliphatic heterocycles. The molecule has 0 saturated carbocycles. The summed E-state index contributed by atoms with van der Waals surface area (Å²) < 4.78 is 33.7. The summed E-state index contributed by atoms with van der Waals surface area (Å²) in [5.41, 5.74) is 1.41. The highest BCUT2D eigenvalue weighted by molar-refractivity contribution is 6.32. The summed E-state index contributed by atoms with van der Waals surface area (Å²) in [6, 6.07) is 4.61. The van der Waals surface area contributed by atoms with Crippen molar-refractivity contribution in [2.75, 3.05) is 5.32 Å². The van der Waals surface area contributed by atoms with Crippen LogP contribution >= 0.6 is 11.6 Å². The van der Waals surface area contributed by atoms with Crippen molar-refractivity contribution in [1.29, 1.82) is 0 Å². The van der Waals surface area contributed by atoms with Gasteiger partial charge in [0.15, 0.2) is 0 Å². The fourth-order valence-electron chi connectivity index (χ4n) is 4.07. The number of hydrogen-bond acceptors (Lipinski definition) is 3. The first kappa shape index (κ1) is 19.9. The van der Waals surface area contributed by atoms with Gasteiger partial charge in [-0.2, -0.15) is 0 Å². The Hall–Kier alpha value is -2.38. The van der Waals surface area contributed by atoms with Gasteiger partial charge in [-0.1, -0.05) is 17.7 Å². The van der Waals surface area contributed by atoms with Crippen molar-refractivity contribution < 1.29 is 23.4 Å². The molecule has 2 amide bonds. The zero-order valence-corrected chi connectivity index (χ0v) is 16.7. The van der Waals surface area contributed by atoms with Gasteiger partial charge in [0.05, 0.1) is 12.1 Å². The second-order valence-corrected chi connectivity index (χ2v) is 8.49. The van der Waals surface area contributed by atoms with Crippen LogP contribution in [0.25, 0.3) is 0 Å². The van der Waals surface area contributed by atoms with Crippen molar-refractivity contribution in [1.82, 2.24) is 5.32 Å². The number of urea groups is 1. The quantitative estimate of drug-likeness (QED) is 0.667. The number of hydrogen-bond donors (Lipinski definition) is 3. The monoisotopic (exact) mass is 422 g/mol. The van der Waals surface area contributed by atoms with Gasteiger partial charge in [-0.3, -0.25) is 0 Å². The van der Waals surface area contributed by atoms with Crippen LogP contribution in [0.1, 0.15) is 43.0 Å². The molecule has 0 saturated heterocycles. The minimum absolute atomic E-state index is 0.118. The zero-order chi connectivity index (χ0) is 20.9. The maximum Gasteiger partial charge on any atom is 0.319 e. The summed E-state index contributed by atoms with van der Waals surface area (Å²) in [5.74, 6) is -0.759. The lowest BCUT2D eigenvalue weighted by atomic mass is 9.89. The maximum atomic E-state index is 14.0. The molecule has 0 radical (unpaired) electrons. The Kier molecular flexibility index (Phi) is 4.91. The molecular formula is C21H21ClF2N2O3. The number of halogens is 3. The van der Waals surface area contributed by atoms with Crippen molar-refractivity contribution in [3.8, 4) is 5.75 Å². The number of carbonyl (C=O) groups excluding carboxylic acids is 1. The van der Waals surface area contributed by atoms with Gasteiger partial charge in [0, 0.05) is 30.5 Å². The molecule has 4 rings (SSSR count). The highest BCUT2D eigenvalue weighted by Crippen LogP contribution is 2.44. The molecule has 0 spiro atoms. The lowest BCUT2D eigenvalue weighted by Crippen LogP contribution is -2.42. The van der Waals surface area contributed by atoms with Crippen LogP contribution in [0.3, 0.4) is 0 Å². The molecule has 154 valence electrons. The summed E-state index contributed by atoms with van der Waals surface area (Å²) >= 11 is 6.07. The van der Waals surface area contributed by atoms with Crippen LogP contribution in [0, 0.1) is 11.6 Å². The zero-order valence-electron chi connectivity index (χ0n) is 16.0. The minimum atomic E-state index is -0.663. The van der Waals surface area contributed by atoms with E-state index >= 15 is 0 Å². The van der Waals surface area contributed by atoms with E-state index in [9.17, 15) is 18.7 Å². The van der Waals surface area contributed by atoms with Crippen molar-refractivity contribution in [3.05, 3.63) is 57.6 Å². The highest BCUT2D eigenvalue weighted by Gasteiger charge is 2.37. The van der Waals surface area contributed by atoms with Crippen LogP contribution in [0.4, 0.5) is 19.3 Å². The predicted molar refractivity (Wildman–Crippen MR) is 105 cm³/mol. The lowest BCUT2D eigenvalue weighted by Gasteiger charge is -2.38. The number of nitrogens with one attached hydrogen (secondary N) is 2. The number of anilines is 1. The number of aliphatic hydroxyl groups excluding tert-OH is 1. The highest BCUT2D eigenvalue weighted by atomic mass is 35.5. The first-order chi connectivity index (χ1) is 13.6. The van der Waals surface area contributed by atoms with Crippen LogP contribution in [-0.4, -0.2) is 22.8 Å². The van der Waals surface area contributed by atoms with E-state index in [2.05, 4.69) is 10.6 Å². The van der Waals surface area contributed by atoms with Crippen molar-refractivity contribution in [2.24, 2.45) is 0 Å². The van der Waals surface area contributed by atoms with Crippen molar-refractivity contribution >= 4 is 23.3 Å². The number of rotatable bonds is 2. The van der Waals surface area contributed by atoms with Gasteiger partial charge in [0.25, 0.3) is 0 Å².